The Labute approximate surface area is 118 Å². The Bertz CT molecular complexity index is 462. The summed E-state index contributed by atoms with van der Waals surface area (Å²) in [5.74, 6) is 5.32. The first-order chi connectivity index (χ1) is 9.54. The highest BCUT2D eigenvalue weighted by molar-refractivity contribution is 5.99. The number of amides is 2. The molecule has 0 aromatic carbocycles. The molecule has 0 unspecified atom stereocenters. The van der Waals surface area contributed by atoms with Gasteiger partial charge in [0.05, 0.1) is 11.3 Å². The number of pyridine rings is 1. The van der Waals surface area contributed by atoms with Gasteiger partial charge in [-0.25, -0.2) is 0 Å². The minimum atomic E-state index is -0.317. The molecular weight excluding hydrogens is 258 g/mol. The maximum atomic E-state index is 11.9. The molecule has 1 aromatic rings. The fraction of sp³-hybridized carbons (Fsp3) is 0.462. The van der Waals surface area contributed by atoms with E-state index in [1.165, 1.54) is 12.4 Å². The van der Waals surface area contributed by atoms with Crippen LogP contribution in [-0.4, -0.2) is 29.9 Å². The highest BCUT2D eigenvalue weighted by atomic mass is 16.2. The smallest absolute Gasteiger partial charge is 0.255 e. The van der Waals surface area contributed by atoms with Gasteiger partial charge in [0, 0.05) is 31.9 Å². The van der Waals surface area contributed by atoms with E-state index in [-0.39, 0.29) is 24.8 Å². The number of rotatable bonds is 7. The van der Waals surface area contributed by atoms with Crippen molar-refractivity contribution in [3.8, 4) is 0 Å². The molecule has 0 spiro atoms. The fourth-order valence-corrected chi connectivity index (χ4v) is 1.49. The molecule has 110 valence electrons. The lowest BCUT2D eigenvalue weighted by Gasteiger charge is -2.10. The molecule has 0 aliphatic heterocycles. The second-order valence-electron chi connectivity index (χ2n) is 4.77. The Morgan fingerprint density at radius 1 is 1.35 bits per heavy atom. The number of nitrogens with one attached hydrogen (secondary N) is 3. The summed E-state index contributed by atoms with van der Waals surface area (Å²) in [5, 5.41) is 5.44. The van der Waals surface area contributed by atoms with Crippen molar-refractivity contribution in [1.82, 2.24) is 15.6 Å². The third-order valence-corrected chi connectivity index (χ3v) is 2.57. The molecule has 20 heavy (non-hydrogen) atoms. The molecule has 1 aromatic heterocycles. The van der Waals surface area contributed by atoms with E-state index in [4.69, 9.17) is 5.84 Å². The number of aromatic nitrogens is 1. The van der Waals surface area contributed by atoms with Crippen LogP contribution in [0.5, 0.6) is 0 Å². The molecule has 1 rings (SSSR count). The van der Waals surface area contributed by atoms with E-state index in [0.29, 0.717) is 23.7 Å². The average Bonchev–Trinajstić information content (AvgIpc) is 2.44. The van der Waals surface area contributed by atoms with Crippen molar-refractivity contribution in [1.29, 1.82) is 0 Å². The highest BCUT2D eigenvalue weighted by Gasteiger charge is 2.11. The van der Waals surface area contributed by atoms with Gasteiger partial charge in [-0.15, -0.1) is 0 Å². The number of nitrogens with two attached hydrogens (primary N) is 1. The molecule has 7 heteroatoms. The van der Waals surface area contributed by atoms with Gasteiger partial charge < -0.3 is 16.1 Å². The van der Waals surface area contributed by atoms with Crippen molar-refractivity contribution in [2.75, 3.05) is 18.5 Å². The SMILES string of the molecule is CC(C)CNC(=O)CCNC(=O)c1cnccc1NN. The predicted molar refractivity (Wildman–Crippen MR) is 76.8 cm³/mol. The molecule has 0 saturated carbocycles. The monoisotopic (exact) mass is 279 g/mol. The molecule has 7 nitrogen and oxygen atoms in total. The van der Waals surface area contributed by atoms with E-state index in [2.05, 4.69) is 21.0 Å². The quantitative estimate of drug-likeness (QED) is 0.423. The fourth-order valence-electron chi connectivity index (χ4n) is 1.49. The van der Waals surface area contributed by atoms with Gasteiger partial charge in [0.15, 0.2) is 0 Å². The highest BCUT2D eigenvalue weighted by Crippen LogP contribution is 2.11. The normalized spacial score (nSPS) is 10.2. The summed E-state index contributed by atoms with van der Waals surface area (Å²) in [4.78, 5) is 27.2. The Balaban J connectivity index is 2.38. The largest absolute Gasteiger partial charge is 0.356 e. The molecule has 0 bridgehead atoms. The summed E-state index contributed by atoms with van der Waals surface area (Å²) >= 11 is 0. The number of hydrazine groups is 1. The minimum absolute atomic E-state index is 0.0811. The van der Waals surface area contributed by atoms with Crippen molar-refractivity contribution >= 4 is 17.5 Å². The van der Waals surface area contributed by atoms with Gasteiger partial charge in [0.2, 0.25) is 5.91 Å². The zero-order chi connectivity index (χ0) is 15.0. The summed E-state index contributed by atoms with van der Waals surface area (Å²) in [6.07, 6.45) is 3.19. The molecule has 5 N–H and O–H groups in total. The molecule has 0 aliphatic rings. The molecule has 0 aliphatic carbocycles. The molecule has 0 radical (unpaired) electrons. The third-order valence-electron chi connectivity index (χ3n) is 2.57. The van der Waals surface area contributed by atoms with Crippen LogP contribution in [0.3, 0.4) is 0 Å². The van der Waals surface area contributed by atoms with Gasteiger partial charge in [0.1, 0.15) is 0 Å². The summed E-state index contributed by atoms with van der Waals surface area (Å²) in [5.41, 5.74) is 3.26. The first-order valence-electron chi connectivity index (χ1n) is 6.50. The first-order valence-corrected chi connectivity index (χ1v) is 6.50. The number of anilines is 1. The Hall–Kier alpha value is -2.15. The van der Waals surface area contributed by atoms with Crippen molar-refractivity contribution in [3.05, 3.63) is 24.0 Å². The van der Waals surface area contributed by atoms with Crippen LogP contribution in [0.1, 0.15) is 30.6 Å². The zero-order valence-electron chi connectivity index (χ0n) is 11.8. The number of nitrogen functional groups attached to an aromatic ring is 1. The summed E-state index contributed by atoms with van der Waals surface area (Å²) in [7, 11) is 0. The zero-order valence-corrected chi connectivity index (χ0v) is 11.8. The van der Waals surface area contributed by atoms with Crippen LogP contribution >= 0.6 is 0 Å². The number of nitrogens with zero attached hydrogens (tertiary/aromatic N) is 1. The lowest BCUT2D eigenvalue weighted by atomic mass is 10.2. The molecule has 1 heterocycles. The van der Waals surface area contributed by atoms with E-state index in [1.54, 1.807) is 6.07 Å². The van der Waals surface area contributed by atoms with E-state index in [9.17, 15) is 9.59 Å². The van der Waals surface area contributed by atoms with E-state index >= 15 is 0 Å². The van der Waals surface area contributed by atoms with Crippen LogP contribution in [-0.2, 0) is 4.79 Å². The second kappa shape index (κ2) is 8.11. The lowest BCUT2D eigenvalue weighted by molar-refractivity contribution is -0.121. The van der Waals surface area contributed by atoms with E-state index < -0.39 is 0 Å². The average molecular weight is 279 g/mol. The summed E-state index contributed by atoms with van der Waals surface area (Å²) in [6.45, 7) is 4.94. The van der Waals surface area contributed by atoms with Gasteiger partial charge in [-0.05, 0) is 12.0 Å². The summed E-state index contributed by atoms with van der Waals surface area (Å²) < 4.78 is 0. The van der Waals surface area contributed by atoms with Crippen LogP contribution in [0.25, 0.3) is 0 Å². The molecule has 2 amide bonds. The lowest BCUT2D eigenvalue weighted by Crippen LogP contribution is -2.32. The standard InChI is InChI=1S/C13H21N5O2/c1-9(2)7-17-12(19)4-6-16-13(20)10-8-15-5-3-11(10)18-14/h3,5,8-9H,4,6-7,14H2,1-2H3,(H,15,18)(H,16,20)(H,17,19). The van der Waals surface area contributed by atoms with Gasteiger partial charge >= 0.3 is 0 Å². The van der Waals surface area contributed by atoms with E-state index in [1.807, 2.05) is 13.8 Å². The third kappa shape index (κ3) is 5.23. The maximum absolute atomic E-state index is 11.9. The van der Waals surface area contributed by atoms with Gasteiger partial charge in [-0.3, -0.25) is 20.4 Å². The molecule has 0 atom stereocenters. The van der Waals surface area contributed by atoms with Gasteiger partial charge in [-0.1, -0.05) is 13.8 Å². The molecule has 0 saturated heterocycles. The van der Waals surface area contributed by atoms with Crippen molar-refractivity contribution in [2.45, 2.75) is 20.3 Å². The van der Waals surface area contributed by atoms with Crippen molar-refractivity contribution < 1.29 is 9.59 Å². The summed E-state index contributed by atoms with van der Waals surface area (Å²) in [6, 6.07) is 1.60. The van der Waals surface area contributed by atoms with Crippen LogP contribution in [0, 0.1) is 5.92 Å². The van der Waals surface area contributed by atoms with Crippen LogP contribution in [0.2, 0.25) is 0 Å². The number of carbonyl (C=O) groups excluding carboxylic acids is 2. The van der Waals surface area contributed by atoms with Crippen LogP contribution < -0.4 is 21.9 Å². The van der Waals surface area contributed by atoms with Crippen molar-refractivity contribution in [2.24, 2.45) is 11.8 Å². The number of hydrogen-bond donors (Lipinski definition) is 4. The number of carbonyl (C=O) groups is 2. The Morgan fingerprint density at radius 3 is 2.75 bits per heavy atom. The number of hydrogen-bond acceptors (Lipinski definition) is 5. The Morgan fingerprint density at radius 2 is 2.10 bits per heavy atom. The first kappa shape index (κ1) is 15.9. The van der Waals surface area contributed by atoms with E-state index in [0.717, 1.165) is 0 Å². The van der Waals surface area contributed by atoms with Crippen LogP contribution in [0.4, 0.5) is 5.69 Å². The van der Waals surface area contributed by atoms with Gasteiger partial charge in [0.25, 0.3) is 5.91 Å². The Kier molecular flexibility index (Phi) is 6.45. The minimum Gasteiger partial charge on any atom is -0.356 e. The molecular formula is C13H21N5O2. The predicted octanol–water partition coefficient (Wildman–Crippen LogP) is 0.259. The van der Waals surface area contributed by atoms with Crippen LogP contribution in [0.15, 0.2) is 18.5 Å². The second-order valence-corrected chi connectivity index (χ2v) is 4.77. The topological polar surface area (TPSA) is 109 Å². The molecule has 0 fully saturated rings. The maximum Gasteiger partial charge on any atom is 0.255 e. The van der Waals surface area contributed by atoms with Gasteiger partial charge in [-0.2, -0.15) is 0 Å². The van der Waals surface area contributed by atoms with Crippen molar-refractivity contribution in [3.63, 3.8) is 0 Å².